The fourth-order valence-electron chi connectivity index (χ4n) is 4.11. The van der Waals surface area contributed by atoms with Crippen molar-refractivity contribution >= 4 is 70.2 Å². The second-order valence-corrected chi connectivity index (χ2v) is 7.72. The van der Waals surface area contributed by atoms with Crippen LogP contribution in [0.5, 0.6) is 0 Å². The first-order valence-electron chi connectivity index (χ1n) is 10.2. The summed E-state index contributed by atoms with van der Waals surface area (Å²) in [7, 11) is 0. The molecule has 0 aliphatic carbocycles. The van der Waals surface area contributed by atoms with E-state index >= 15 is 0 Å². The lowest BCUT2D eigenvalue weighted by Crippen LogP contribution is -2.05. The Balaban J connectivity index is 2.07. The number of aromatic nitrogens is 4. The third kappa shape index (κ3) is 3.49. The fraction of sp³-hybridized carbons (Fsp3) is 0. The van der Waals surface area contributed by atoms with Gasteiger partial charge in [0.1, 0.15) is 22.3 Å². The predicted octanol–water partition coefficient (Wildman–Crippen LogP) is 3.45. The molecule has 36 heavy (non-hydrogen) atoms. The van der Waals surface area contributed by atoms with Crippen LogP contribution in [0.25, 0.3) is 46.4 Å². The highest BCUT2D eigenvalue weighted by Crippen LogP contribution is 2.27. The number of hydrogen-bond donors (Lipinski definition) is 6. The third-order valence-electron chi connectivity index (χ3n) is 5.61. The highest BCUT2D eigenvalue weighted by atomic mass is 16.4. The molecule has 2 aliphatic heterocycles. The standard InChI is InChI=1S/C24H14N4O8/c29-21(30)17-9-1-2-10(25-9)18(22(31)32)12-5-6-14(27-12)20(24(35)36)16-8-7-15(28-16)19(23(33)34)13-4-3-11(17)26-13/h1-8,25-26H,(H,29,30)(H,31,32)(H,33,34)(H,35,36). The third-order valence-corrected chi connectivity index (χ3v) is 5.61. The fourth-order valence-corrected chi connectivity index (χ4v) is 4.11. The van der Waals surface area contributed by atoms with Gasteiger partial charge in [-0.2, -0.15) is 0 Å². The number of nitrogens with one attached hydrogen (secondary N) is 2. The Kier molecular flexibility index (Phi) is 4.99. The summed E-state index contributed by atoms with van der Waals surface area (Å²) in [6.45, 7) is 0. The molecule has 2 aliphatic rings. The van der Waals surface area contributed by atoms with E-state index in [4.69, 9.17) is 0 Å². The smallest absolute Gasteiger partial charge is 0.340 e. The average molecular weight is 486 g/mol. The van der Waals surface area contributed by atoms with Gasteiger partial charge in [-0.15, -0.1) is 0 Å². The van der Waals surface area contributed by atoms with Crippen molar-refractivity contribution in [3.05, 3.63) is 69.3 Å². The minimum absolute atomic E-state index is 0.0307. The summed E-state index contributed by atoms with van der Waals surface area (Å²) < 4.78 is 0. The average Bonchev–Trinajstić information content (AvgIpc) is 3.57. The van der Waals surface area contributed by atoms with E-state index in [2.05, 4.69) is 19.9 Å². The maximum atomic E-state index is 12.1. The summed E-state index contributed by atoms with van der Waals surface area (Å²) in [5, 5.41) is 39.5. The van der Waals surface area contributed by atoms with Gasteiger partial charge in [0.2, 0.25) is 0 Å². The van der Waals surface area contributed by atoms with Crippen LogP contribution in [0.1, 0.15) is 64.2 Å². The minimum atomic E-state index is -1.40. The minimum Gasteiger partial charge on any atom is -0.478 e. The second kappa shape index (κ2) is 8.06. The molecule has 0 saturated heterocycles. The summed E-state index contributed by atoms with van der Waals surface area (Å²) in [6.07, 6.45) is 5.26. The molecule has 6 N–H and O–H groups in total. The maximum absolute atomic E-state index is 12.1. The molecular weight excluding hydrogens is 472 g/mol. The molecule has 0 spiro atoms. The van der Waals surface area contributed by atoms with Crippen molar-refractivity contribution in [2.45, 2.75) is 0 Å². The van der Waals surface area contributed by atoms with Crippen LogP contribution in [0, 0.1) is 0 Å². The van der Waals surface area contributed by atoms with Gasteiger partial charge in [0.15, 0.2) is 0 Å². The number of fused-ring (bicyclic) bond motifs is 8. The number of H-pyrrole nitrogens is 2. The lowest BCUT2D eigenvalue weighted by Gasteiger charge is -1.99. The first kappa shape index (κ1) is 22.3. The van der Waals surface area contributed by atoms with Gasteiger partial charge in [-0.1, -0.05) is 0 Å². The molecular formula is C24H14N4O8. The number of nitrogens with zero attached hydrogens (tertiary/aromatic N) is 2. The Hall–Kier alpha value is -5.52. The van der Waals surface area contributed by atoms with Crippen molar-refractivity contribution in [3.63, 3.8) is 0 Å². The van der Waals surface area contributed by atoms with Crippen molar-refractivity contribution in [2.75, 3.05) is 0 Å². The molecule has 0 radical (unpaired) electrons. The van der Waals surface area contributed by atoms with Gasteiger partial charge >= 0.3 is 23.9 Å². The molecule has 0 atom stereocenters. The number of carboxylic acids is 4. The van der Waals surface area contributed by atoms with Crippen molar-refractivity contribution in [1.29, 1.82) is 0 Å². The molecule has 5 heterocycles. The van der Waals surface area contributed by atoms with Crippen molar-refractivity contribution in [3.8, 4) is 0 Å². The first-order chi connectivity index (χ1) is 17.2. The van der Waals surface area contributed by atoms with Crippen LogP contribution >= 0.6 is 0 Å². The van der Waals surface area contributed by atoms with Crippen molar-refractivity contribution < 1.29 is 39.6 Å². The number of carbonyl (C=O) groups is 4. The molecule has 12 nitrogen and oxygen atoms in total. The molecule has 0 aromatic carbocycles. The normalized spacial score (nSPS) is 12.0. The van der Waals surface area contributed by atoms with E-state index in [-0.39, 0.29) is 67.1 Å². The van der Waals surface area contributed by atoms with E-state index in [1.165, 1.54) is 48.6 Å². The Morgan fingerprint density at radius 2 is 0.750 bits per heavy atom. The van der Waals surface area contributed by atoms with Gasteiger partial charge in [0.25, 0.3) is 0 Å². The molecule has 0 unspecified atom stereocenters. The zero-order chi connectivity index (χ0) is 25.7. The van der Waals surface area contributed by atoms with Gasteiger partial charge in [0, 0.05) is 0 Å². The lowest BCUT2D eigenvalue weighted by molar-refractivity contribution is 0.0686. The van der Waals surface area contributed by atoms with Crippen LogP contribution in [0.15, 0.2) is 24.3 Å². The number of rotatable bonds is 4. The molecule has 3 aromatic rings. The van der Waals surface area contributed by atoms with E-state index in [9.17, 15) is 39.6 Å². The van der Waals surface area contributed by atoms with Crippen LogP contribution in [-0.2, 0) is 0 Å². The molecule has 5 rings (SSSR count). The maximum Gasteiger partial charge on any atom is 0.340 e. The van der Waals surface area contributed by atoms with Crippen LogP contribution in [0.2, 0.25) is 0 Å². The largest absolute Gasteiger partial charge is 0.478 e. The highest BCUT2D eigenvalue weighted by molar-refractivity contribution is 6.07. The van der Waals surface area contributed by atoms with E-state index in [0.29, 0.717) is 0 Å². The highest BCUT2D eigenvalue weighted by Gasteiger charge is 2.23. The lowest BCUT2D eigenvalue weighted by atomic mass is 10.1. The predicted molar refractivity (Wildman–Crippen MR) is 127 cm³/mol. The molecule has 8 bridgehead atoms. The van der Waals surface area contributed by atoms with Crippen LogP contribution < -0.4 is 0 Å². The Bertz CT molecular complexity index is 1640. The topological polar surface area (TPSA) is 207 Å². The monoisotopic (exact) mass is 486 g/mol. The SMILES string of the molecule is O=C(O)c1c2nc(c(C(=O)O)c3ccc([nH]3)c(C(=O)O)c3ccc([nH]3)c(C(=O)O)c3nc1C=C3)C=C2. The molecule has 12 heteroatoms. The van der Waals surface area contributed by atoms with Gasteiger partial charge in [0.05, 0.1) is 44.8 Å². The summed E-state index contributed by atoms with van der Waals surface area (Å²) in [5.41, 5.74) is -1.38. The number of carboxylic acid groups (broad SMARTS) is 4. The van der Waals surface area contributed by atoms with Gasteiger partial charge < -0.3 is 30.4 Å². The zero-order valence-electron chi connectivity index (χ0n) is 17.9. The molecule has 0 amide bonds. The second-order valence-electron chi connectivity index (χ2n) is 7.72. The van der Waals surface area contributed by atoms with Crippen LogP contribution in [0.4, 0.5) is 0 Å². The Morgan fingerprint density at radius 1 is 0.472 bits per heavy atom. The summed E-state index contributed by atoms with van der Waals surface area (Å²) in [5.74, 6) is -5.50. The Morgan fingerprint density at radius 3 is 1.06 bits per heavy atom. The van der Waals surface area contributed by atoms with E-state index in [0.717, 1.165) is 0 Å². The Labute approximate surface area is 199 Å². The van der Waals surface area contributed by atoms with E-state index < -0.39 is 23.9 Å². The molecule has 178 valence electrons. The summed E-state index contributed by atoms with van der Waals surface area (Å²) in [6, 6.07) is 5.45. The quantitative estimate of drug-likeness (QED) is 0.218. The first-order valence-corrected chi connectivity index (χ1v) is 10.2. The van der Waals surface area contributed by atoms with Gasteiger partial charge in [-0.05, 0) is 48.6 Å². The van der Waals surface area contributed by atoms with Crippen molar-refractivity contribution in [1.82, 2.24) is 19.9 Å². The zero-order valence-corrected chi connectivity index (χ0v) is 17.9. The molecule has 3 aromatic heterocycles. The van der Waals surface area contributed by atoms with Crippen LogP contribution in [0.3, 0.4) is 0 Å². The van der Waals surface area contributed by atoms with E-state index in [1.807, 2.05) is 0 Å². The summed E-state index contributed by atoms with van der Waals surface area (Å²) in [4.78, 5) is 62.4. The number of hydrogen-bond acceptors (Lipinski definition) is 6. The number of aromatic carboxylic acids is 4. The summed E-state index contributed by atoms with van der Waals surface area (Å²) >= 11 is 0. The molecule has 0 fully saturated rings. The van der Waals surface area contributed by atoms with Crippen molar-refractivity contribution in [2.24, 2.45) is 0 Å². The van der Waals surface area contributed by atoms with Gasteiger partial charge in [-0.25, -0.2) is 29.1 Å². The van der Waals surface area contributed by atoms with E-state index in [1.54, 1.807) is 0 Å². The number of aromatic amines is 2. The molecule has 0 saturated carbocycles. The van der Waals surface area contributed by atoms with Gasteiger partial charge in [-0.3, -0.25) is 0 Å². The van der Waals surface area contributed by atoms with Crippen LogP contribution in [-0.4, -0.2) is 64.2 Å².